The third-order valence-corrected chi connectivity index (χ3v) is 3.55. The van der Waals surface area contributed by atoms with Crippen LogP contribution in [0.3, 0.4) is 0 Å². The van der Waals surface area contributed by atoms with Gasteiger partial charge in [0.25, 0.3) is 0 Å². The Morgan fingerprint density at radius 3 is 2.46 bits per heavy atom. The van der Waals surface area contributed by atoms with Crippen LogP contribution in [0.2, 0.25) is 0 Å². The van der Waals surface area contributed by atoms with Crippen LogP contribution in [0.1, 0.15) is 38.5 Å². The normalized spacial score (nSPS) is 35.9. The van der Waals surface area contributed by atoms with E-state index in [-0.39, 0.29) is 0 Å². The molecule has 0 radical (unpaired) electrons. The Kier molecular flexibility index (Phi) is 2.90. The van der Waals surface area contributed by atoms with Crippen LogP contribution in [-0.4, -0.2) is 24.0 Å². The zero-order valence-corrected chi connectivity index (χ0v) is 8.34. The highest BCUT2D eigenvalue weighted by Gasteiger charge is 2.28. The Bertz CT molecular complexity index is 198. The number of terminal acetylenes is 1. The van der Waals surface area contributed by atoms with Gasteiger partial charge >= 0.3 is 0 Å². The molecule has 1 aliphatic carbocycles. The van der Waals surface area contributed by atoms with Crippen LogP contribution in [0.25, 0.3) is 0 Å². The van der Waals surface area contributed by atoms with E-state index in [1.165, 1.54) is 51.6 Å². The van der Waals surface area contributed by atoms with Crippen molar-refractivity contribution >= 4 is 0 Å². The molecular formula is C12H19N. The van der Waals surface area contributed by atoms with Crippen molar-refractivity contribution in [3.05, 3.63) is 0 Å². The standard InChI is InChI=1S/C12H19N/c1-2-11-6-7-12(10-11)13-8-4-3-5-9-13/h1,11-12H,3-10H2/t11-,12+/m0/s1. The number of piperidine rings is 1. The molecule has 1 nitrogen and oxygen atoms in total. The average molecular weight is 177 g/mol. The Morgan fingerprint density at radius 1 is 1.08 bits per heavy atom. The molecule has 0 N–H and O–H groups in total. The smallest absolute Gasteiger partial charge is 0.0215 e. The van der Waals surface area contributed by atoms with E-state index < -0.39 is 0 Å². The van der Waals surface area contributed by atoms with Crippen molar-refractivity contribution in [1.29, 1.82) is 0 Å². The van der Waals surface area contributed by atoms with Gasteiger partial charge in [-0.2, -0.15) is 0 Å². The molecule has 1 heteroatoms. The molecule has 1 aliphatic heterocycles. The minimum atomic E-state index is 0.576. The molecule has 1 heterocycles. The first-order valence-electron chi connectivity index (χ1n) is 5.60. The van der Waals surface area contributed by atoms with Crippen LogP contribution < -0.4 is 0 Å². The van der Waals surface area contributed by atoms with Gasteiger partial charge in [-0.3, -0.25) is 0 Å². The summed E-state index contributed by atoms with van der Waals surface area (Å²) in [4.78, 5) is 2.67. The second kappa shape index (κ2) is 4.15. The van der Waals surface area contributed by atoms with E-state index in [0.29, 0.717) is 5.92 Å². The molecule has 0 amide bonds. The number of hydrogen-bond donors (Lipinski definition) is 0. The van der Waals surface area contributed by atoms with Gasteiger partial charge in [-0.25, -0.2) is 0 Å². The molecule has 2 fully saturated rings. The van der Waals surface area contributed by atoms with Crippen molar-refractivity contribution in [1.82, 2.24) is 4.90 Å². The molecule has 1 saturated heterocycles. The molecule has 0 unspecified atom stereocenters. The molecule has 2 atom stereocenters. The van der Waals surface area contributed by atoms with Crippen molar-refractivity contribution in [2.75, 3.05) is 13.1 Å². The molecule has 0 spiro atoms. The van der Waals surface area contributed by atoms with Crippen LogP contribution in [-0.2, 0) is 0 Å². The second-order valence-electron chi connectivity index (χ2n) is 4.43. The maximum absolute atomic E-state index is 5.46. The fourth-order valence-electron chi connectivity index (χ4n) is 2.72. The van der Waals surface area contributed by atoms with Crippen LogP contribution >= 0.6 is 0 Å². The van der Waals surface area contributed by atoms with E-state index in [4.69, 9.17) is 6.42 Å². The third-order valence-electron chi connectivity index (χ3n) is 3.55. The molecule has 13 heavy (non-hydrogen) atoms. The minimum absolute atomic E-state index is 0.576. The van der Waals surface area contributed by atoms with Gasteiger partial charge in [0.05, 0.1) is 0 Å². The largest absolute Gasteiger partial charge is 0.300 e. The number of nitrogens with zero attached hydrogens (tertiary/aromatic N) is 1. The van der Waals surface area contributed by atoms with Gasteiger partial charge in [-0.05, 0) is 45.2 Å². The fourth-order valence-corrected chi connectivity index (χ4v) is 2.72. The van der Waals surface area contributed by atoms with E-state index in [1.54, 1.807) is 0 Å². The van der Waals surface area contributed by atoms with Crippen molar-refractivity contribution in [3.8, 4) is 12.3 Å². The van der Waals surface area contributed by atoms with Gasteiger partial charge in [0.1, 0.15) is 0 Å². The van der Waals surface area contributed by atoms with E-state index in [1.807, 2.05) is 0 Å². The molecular weight excluding hydrogens is 158 g/mol. The fraction of sp³-hybridized carbons (Fsp3) is 0.833. The molecule has 0 bridgehead atoms. The maximum atomic E-state index is 5.46. The summed E-state index contributed by atoms with van der Waals surface area (Å²) in [6.07, 6.45) is 13.6. The highest BCUT2D eigenvalue weighted by molar-refractivity contribution is 4.99. The zero-order chi connectivity index (χ0) is 9.10. The lowest BCUT2D eigenvalue weighted by Crippen LogP contribution is -2.37. The van der Waals surface area contributed by atoms with Gasteiger partial charge in [-0.15, -0.1) is 12.3 Å². The maximum Gasteiger partial charge on any atom is 0.0215 e. The molecule has 0 aromatic heterocycles. The lowest BCUT2D eigenvalue weighted by atomic mass is 10.1. The van der Waals surface area contributed by atoms with Crippen LogP contribution in [0.5, 0.6) is 0 Å². The van der Waals surface area contributed by atoms with Crippen LogP contribution in [0.15, 0.2) is 0 Å². The van der Waals surface area contributed by atoms with E-state index in [9.17, 15) is 0 Å². The summed E-state index contributed by atoms with van der Waals surface area (Å²) in [6.45, 7) is 2.64. The molecule has 2 rings (SSSR count). The first-order valence-corrected chi connectivity index (χ1v) is 5.60. The first kappa shape index (κ1) is 9.09. The summed E-state index contributed by atoms with van der Waals surface area (Å²) < 4.78 is 0. The van der Waals surface area contributed by atoms with E-state index in [2.05, 4.69) is 10.8 Å². The molecule has 2 aliphatic rings. The Balaban J connectivity index is 1.84. The van der Waals surface area contributed by atoms with Gasteiger partial charge in [0.2, 0.25) is 0 Å². The van der Waals surface area contributed by atoms with Gasteiger partial charge in [0, 0.05) is 12.0 Å². The summed E-state index contributed by atoms with van der Waals surface area (Å²) in [5.41, 5.74) is 0. The van der Waals surface area contributed by atoms with E-state index >= 15 is 0 Å². The summed E-state index contributed by atoms with van der Waals surface area (Å²) in [5.74, 6) is 3.48. The molecule has 1 saturated carbocycles. The predicted molar refractivity (Wildman–Crippen MR) is 55.4 cm³/mol. The monoisotopic (exact) mass is 177 g/mol. The Labute approximate surface area is 81.5 Å². The summed E-state index contributed by atoms with van der Waals surface area (Å²) >= 11 is 0. The summed E-state index contributed by atoms with van der Waals surface area (Å²) in [6, 6.07) is 0.821. The quantitative estimate of drug-likeness (QED) is 0.555. The second-order valence-corrected chi connectivity index (χ2v) is 4.43. The number of rotatable bonds is 1. The van der Waals surface area contributed by atoms with Crippen molar-refractivity contribution in [2.24, 2.45) is 5.92 Å². The highest BCUT2D eigenvalue weighted by Crippen LogP contribution is 2.30. The van der Waals surface area contributed by atoms with Crippen molar-refractivity contribution in [2.45, 2.75) is 44.6 Å². The summed E-state index contributed by atoms with van der Waals surface area (Å²) in [7, 11) is 0. The molecule has 0 aromatic rings. The van der Waals surface area contributed by atoms with Gasteiger partial charge < -0.3 is 4.90 Å². The van der Waals surface area contributed by atoms with Crippen molar-refractivity contribution in [3.63, 3.8) is 0 Å². The first-order chi connectivity index (χ1) is 6.40. The highest BCUT2D eigenvalue weighted by atomic mass is 15.2. The zero-order valence-electron chi connectivity index (χ0n) is 8.34. The third kappa shape index (κ3) is 2.06. The molecule has 72 valence electrons. The molecule has 0 aromatic carbocycles. The van der Waals surface area contributed by atoms with Crippen LogP contribution in [0, 0.1) is 18.3 Å². The Morgan fingerprint density at radius 2 is 1.85 bits per heavy atom. The van der Waals surface area contributed by atoms with Crippen molar-refractivity contribution < 1.29 is 0 Å². The van der Waals surface area contributed by atoms with Gasteiger partial charge in [-0.1, -0.05) is 6.42 Å². The average Bonchev–Trinajstić information content (AvgIpc) is 2.67. The topological polar surface area (TPSA) is 3.24 Å². The number of likely N-dealkylation sites (tertiary alicyclic amines) is 1. The van der Waals surface area contributed by atoms with E-state index in [0.717, 1.165) is 6.04 Å². The van der Waals surface area contributed by atoms with Gasteiger partial charge in [0.15, 0.2) is 0 Å². The lowest BCUT2D eigenvalue weighted by molar-refractivity contribution is 0.164. The predicted octanol–water partition coefficient (Wildman–Crippen LogP) is 2.27. The minimum Gasteiger partial charge on any atom is -0.300 e. The summed E-state index contributed by atoms with van der Waals surface area (Å²) in [5, 5.41) is 0. The Hall–Kier alpha value is -0.480. The van der Waals surface area contributed by atoms with Crippen LogP contribution in [0.4, 0.5) is 0 Å². The number of hydrogen-bond acceptors (Lipinski definition) is 1. The lowest BCUT2D eigenvalue weighted by Gasteiger charge is -2.32. The SMILES string of the molecule is C#C[C@H]1CC[C@@H](N2CCCCC2)C1.